The Labute approximate surface area is 227 Å². The maximum Gasteiger partial charge on any atom is 0.471 e. The highest BCUT2D eigenvalue weighted by molar-refractivity contribution is 7.46. The molecule has 14 nitrogen and oxygen atoms in total. The molecule has 220 valence electrons. The van der Waals surface area contributed by atoms with E-state index in [2.05, 4.69) is 15.2 Å². The number of unbranched alkanes of at least 4 members (excludes halogenated alkanes) is 2. The van der Waals surface area contributed by atoms with Crippen LogP contribution < -0.4 is 22.9 Å². The number of hydrogen-bond donors (Lipinski definition) is 6. The van der Waals surface area contributed by atoms with Crippen LogP contribution in [0.3, 0.4) is 0 Å². The van der Waals surface area contributed by atoms with Crippen molar-refractivity contribution < 1.29 is 42.5 Å². The molecule has 39 heavy (non-hydrogen) atoms. The monoisotopic (exact) mass is 573 g/mol. The summed E-state index contributed by atoms with van der Waals surface area (Å²) in [5, 5.41) is 6.07. The number of amides is 3. The van der Waals surface area contributed by atoms with Crippen LogP contribution in [0.4, 0.5) is 0 Å². The van der Waals surface area contributed by atoms with Crippen molar-refractivity contribution in [2.45, 2.75) is 52.0 Å². The van der Waals surface area contributed by atoms with Gasteiger partial charge in [-0.05, 0) is 25.0 Å². The Morgan fingerprint density at radius 2 is 1.77 bits per heavy atom. The molecule has 3 amide bonds. The number of nitrogens with zero attached hydrogens (tertiary/aromatic N) is 1. The molecule has 0 bridgehead atoms. The van der Waals surface area contributed by atoms with Crippen LogP contribution in [0.5, 0.6) is 0 Å². The molecule has 1 heterocycles. The van der Waals surface area contributed by atoms with Crippen molar-refractivity contribution in [3.8, 4) is 11.3 Å². The van der Waals surface area contributed by atoms with Gasteiger partial charge in [0.1, 0.15) is 5.76 Å². The number of phosphoric ester groups is 1. The fourth-order valence-electron chi connectivity index (χ4n) is 3.76. The molecule has 10 N–H and O–H groups in total. The largest absolute Gasteiger partial charge is 0.471 e. The van der Waals surface area contributed by atoms with Crippen LogP contribution in [0.25, 0.3) is 11.3 Å². The third-order valence-corrected chi connectivity index (χ3v) is 6.03. The highest BCUT2D eigenvalue weighted by atomic mass is 31.2. The Kier molecular flexibility index (Phi) is 16.8. The number of nitrogens with one attached hydrogen (secondary N) is 2. The number of hydroxylamine groups is 2. The second-order valence-electron chi connectivity index (χ2n) is 8.16. The molecule has 0 radical (unpaired) electrons. The molecule has 0 saturated carbocycles. The van der Waals surface area contributed by atoms with Crippen molar-refractivity contribution in [2.75, 3.05) is 13.5 Å². The van der Waals surface area contributed by atoms with Gasteiger partial charge in [-0.25, -0.2) is 14.5 Å². The first kappa shape index (κ1) is 35.9. The van der Waals surface area contributed by atoms with E-state index in [0.29, 0.717) is 31.4 Å². The molecular weight excluding hydrogens is 533 g/mol. The van der Waals surface area contributed by atoms with Crippen LogP contribution in [0, 0.1) is 5.92 Å². The molecule has 1 aromatic heterocycles. The van der Waals surface area contributed by atoms with Gasteiger partial charge in [-0.3, -0.25) is 18.9 Å². The summed E-state index contributed by atoms with van der Waals surface area (Å²) in [5.74, 6) is -1.01. The lowest BCUT2D eigenvalue weighted by Crippen LogP contribution is -2.48. The number of rotatable bonds is 17. The first-order chi connectivity index (χ1) is 17.7. The molecule has 2 aromatic rings. The summed E-state index contributed by atoms with van der Waals surface area (Å²) in [4.78, 5) is 59.9. The summed E-state index contributed by atoms with van der Waals surface area (Å²) in [6.45, 7) is 2.72. The molecule has 1 aromatic carbocycles. The summed E-state index contributed by atoms with van der Waals surface area (Å²) >= 11 is 0. The van der Waals surface area contributed by atoms with E-state index in [1.54, 1.807) is 19.1 Å². The molecule has 0 aliphatic carbocycles. The zero-order chi connectivity index (χ0) is 27.3. The van der Waals surface area contributed by atoms with Gasteiger partial charge in [0.15, 0.2) is 12.6 Å². The third-order valence-electron chi connectivity index (χ3n) is 5.59. The van der Waals surface area contributed by atoms with E-state index < -0.39 is 38.4 Å². The fraction of sp³-hybridized carbons (Fsp3) is 0.458. The van der Waals surface area contributed by atoms with E-state index >= 15 is 0 Å². The Balaban J connectivity index is 0.00000722. The lowest BCUT2D eigenvalue weighted by Gasteiger charge is -2.32. The summed E-state index contributed by atoms with van der Waals surface area (Å²) in [6.07, 6.45) is 3.57. The summed E-state index contributed by atoms with van der Waals surface area (Å²) < 4.78 is 20.7. The number of hydrogen-bond acceptors (Lipinski definition) is 9. The predicted octanol–water partition coefficient (Wildman–Crippen LogP) is 3.51. The highest BCUT2D eigenvalue weighted by Crippen LogP contribution is 2.35. The lowest BCUT2D eigenvalue weighted by molar-refractivity contribution is -0.221. The Morgan fingerprint density at radius 3 is 2.36 bits per heavy atom. The van der Waals surface area contributed by atoms with Gasteiger partial charge in [-0.2, -0.15) is 0 Å². The van der Waals surface area contributed by atoms with Crippen LogP contribution in [0.1, 0.15) is 56.5 Å². The van der Waals surface area contributed by atoms with Crippen molar-refractivity contribution in [2.24, 2.45) is 5.92 Å². The summed E-state index contributed by atoms with van der Waals surface area (Å²) in [6, 6.07) is 11.8. The quantitative estimate of drug-likeness (QED) is 0.0526. The normalized spacial score (nSPS) is 12.3. The minimum absolute atomic E-state index is 0. The SMILES string of the molecule is CCCCC[C@@H](C(=O)NCNC(=O)c1ccc(-c2ccccc2)o1)[C@@H](CC)N(C=O)OCOP(=O)(O)O.N.N. The minimum atomic E-state index is -4.80. The third kappa shape index (κ3) is 12.1. The van der Waals surface area contributed by atoms with Crippen molar-refractivity contribution in [3.63, 3.8) is 0 Å². The molecule has 0 fully saturated rings. The van der Waals surface area contributed by atoms with Crippen LogP contribution >= 0.6 is 7.82 Å². The predicted molar refractivity (Wildman–Crippen MR) is 143 cm³/mol. The molecule has 0 saturated heterocycles. The first-order valence-corrected chi connectivity index (χ1v) is 13.5. The molecule has 15 heteroatoms. The summed E-state index contributed by atoms with van der Waals surface area (Å²) in [5.41, 5.74) is 0.823. The molecule has 0 unspecified atom stereocenters. The first-order valence-electron chi connectivity index (χ1n) is 12.0. The molecule has 2 atom stereocenters. The molecule has 0 aliphatic heterocycles. The zero-order valence-corrected chi connectivity index (χ0v) is 23.2. The number of phosphoric acid groups is 1. The standard InChI is InChI=1S/C24H34N3O9P.2H3N/c1-3-5-7-12-19(20(4-2)27(16-28)34-17-35-37(31,32)33)23(29)25-15-26-24(30)22-14-13-21(36-22)18-10-8-6-9-11-18;;/h6,8-11,13-14,16,19-20H,3-5,7,12,15,17H2,1-2H3,(H,25,29)(H,26,30)(H2,31,32,33);2*1H3/t19-,20-;;/m1../s1. The van der Waals surface area contributed by atoms with E-state index in [1.165, 1.54) is 0 Å². The smallest absolute Gasteiger partial charge is 0.451 e. The van der Waals surface area contributed by atoms with Gasteiger partial charge in [-0.1, -0.05) is 63.4 Å². The van der Waals surface area contributed by atoms with E-state index in [4.69, 9.17) is 19.0 Å². The number of benzene rings is 1. The van der Waals surface area contributed by atoms with Crippen molar-refractivity contribution in [1.82, 2.24) is 28.0 Å². The fourth-order valence-corrected chi connectivity index (χ4v) is 3.94. The van der Waals surface area contributed by atoms with E-state index in [1.807, 2.05) is 37.3 Å². The number of carbonyl (C=O) groups is 3. The maximum absolute atomic E-state index is 13.1. The number of furan rings is 1. The summed E-state index contributed by atoms with van der Waals surface area (Å²) in [7, 11) is -4.80. The molecule has 0 spiro atoms. The van der Waals surface area contributed by atoms with Crippen molar-refractivity contribution >= 4 is 26.0 Å². The van der Waals surface area contributed by atoms with Crippen LogP contribution in [0.15, 0.2) is 46.9 Å². The van der Waals surface area contributed by atoms with Crippen LogP contribution in [-0.4, -0.2) is 52.6 Å². The van der Waals surface area contributed by atoms with E-state index in [0.717, 1.165) is 23.5 Å². The van der Waals surface area contributed by atoms with E-state index in [-0.39, 0.29) is 24.7 Å². The van der Waals surface area contributed by atoms with Crippen LogP contribution in [0.2, 0.25) is 0 Å². The molecule has 2 rings (SSSR count). The van der Waals surface area contributed by atoms with E-state index in [9.17, 15) is 18.9 Å². The average Bonchev–Trinajstić information content (AvgIpc) is 3.37. The highest BCUT2D eigenvalue weighted by Gasteiger charge is 2.32. The van der Waals surface area contributed by atoms with Gasteiger partial charge in [-0.15, -0.1) is 0 Å². The van der Waals surface area contributed by atoms with Gasteiger partial charge in [0.25, 0.3) is 5.91 Å². The molecule has 0 aliphatic rings. The second-order valence-corrected chi connectivity index (χ2v) is 9.40. The Hall–Kier alpha value is -3.10. The lowest BCUT2D eigenvalue weighted by atomic mass is 9.90. The van der Waals surface area contributed by atoms with Gasteiger partial charge in [0.2, 0.25) is 12.3 Å². The zero-order valence-electron chi connectivity index (χ0n) is 22.3. The van der Waals surface area contributed by atoms with Gasteiger partial charge >= 0.3 is 7.82 Å². The Morgan fingerprint density at radius 1 is 1.08 bits per heavy atom. The topological polar surface area (TPSA) is 238 Å². The van der Waals surface area contributed by atoms with Crippen LogP contribution in [-0.2, 0) is 23.5 Å². The van der Waals surface area contributed by atoms with Gasteiger partial charge in [0, 0.05) is 5.56 Å². The Bertz CT molecular complexity index is 1050. The molecular formula is C24H40N5O9P. The van der Waals surface area contributed by atoms with Crippen molar-refractivity contribution in [1.29, 1.82) is 0 Å². The number of carbonyl (C=O) groups excluding carboxylic acids is 3. The van der Waals surface area contributed by atoms with Gasteiger partial charge < -0.3 is 37.1 Å². The average molecular weight is 574 g/mol. The minimum Gasteiger partial charge on any atom is -0.451 e. The van der Waals surface area contributed by atoms with Crippen molar-refractivity contribution in [3.05, 3.63) is 48.2 Å². The van der Waals surface area contributed by atoms with Gasteiger partial charge in [0.05, 0.1) is 18.6 Å². The maximum atomic E-state index is 13.1. The second kappa shape index (κ2) is 18.2.